The molecule has 1 aromatic carbocycles. The van der Waals surface area contributed by atoms with Gasteiger partial charge in [-0.3, -0.25) is 9.78 Å². The number of hydrogen-bond donors (Lipinski definition) is 2. The molecule has 3 N–H and O–H groups in total. The van der Waals surface area contributed by atoms with Crippen LogP contribution >= 0.6 is 24.8 Å². The van der Waals surface area contributed by atoms with Crippen LogP contribution in [0.2, 0.25) is 0 Å². The van der Waals surface area contributed by atoms with E-state index in [0.717, 1.165) is 35.9 Å². The van der Waals surface area contributed by atoms with E-state index in [1.807, 2.05) is 30.3 Å². The molecule has 3 rings (SSSR count). The summed E-state index contributed by atoms with van der Waals surface area (Å²) in [5, 5.41) is 4.01. The third-order valence-corrected chi connectivity index (χ3v) is 3.71. The van der Waals surface area contributed by atoms with Crippen molar-refractivity contribution in [2.24, 2.45) is 11.7 Å². The first-order chi connectivity index (χ1) is 9.22. The predicted octanol–water partition coefficient (Wildman–Crippen LogP) is 3.14. The van der Waals surface area contributed by atoms with Gasteiger partial charge in [-0.15, -0.1) is 24.8 Å². The highest BCUT2D eigenvalue weighted by Crippen LogP contribution is 2.26. The SMILES string of the molecule is Cl.Cl.NC1CCC(C(=O)Nc2ccc3ncccc3c2)C1. The number of anilines is 1. The largest absolute Gasteiger partial charge is 0.328 e. The number of aromatic nitrogens is 1. The fourth-order valence-electron chi connectivity index (χ4n) is 2.65. The first-order valence-corrected chi connectivity index (χ1v) is 6.63. The maximum Gasteiger partial charge on any atom is 0.227 e. The van der Waals surface area contributed by atoms with Crippen LogP contribution in [0.1, 0.15) is 19.3 Å². The highest BCUT2D eigenvalue weighted by atomic mass is 35.5. The lowest BCUT2D eigenvalue weighted by Gasteiger charge is -2.11. The lowest BCUT2D eigenvalue weighted by Crippen LogP contribution is -2.23. The summed E-state index contributed by atoms with van der Waals surface area (Å²) in [4.78, 5) is 16.4. The number of benzene rings is 1. The topological polar surface area (TPSA) is 68.0 Å². The number of rotatable bonds is 2. The van der Waals surface area contributed by atoms with Gasteiger partial charge in [0.15, 0.2) is 0 Å². The molecule has 2 unspecified atom stereocenters. The molecule has 0 radical (unpaired) electrons. The van der Waals surface area contributed by atoms with E-state index in [4.69, 9.17) is 5.73 Å². The highest BCUT2D eigenvalue weighted by molar-refractivity contribution is 5.95. The maximum absolute atomic E-state index is 12.1. The Balaban J connectivity index is 0.00000110. The van der Waals surface area contributed by atoms with Gasteiger partial charge in [-0.1, -0.05) is 6.07 Å². The van der Waals surface area contributed by atoms with Crippen molar-refractivity contribution in [1.29, 1.82) is 0 Å². The Morgan fingerprint density at radius 3 is 2.76 bits per heavy atom. The monoisotopic (exact) mass is 327 g/mol. The van der Waals surface area contributed by atoms with Crippen LogP contribution in [0.25, 0.3) is 10.9 Å². The van der Waals surface area contributed by atoms with Crippen LogP contribution in [0.3, 0.4) is 0 Å². The first-order valence-electron chi connectivity index (χ1n) is 6.63. The van der Waals surface area contributed by atoms with E-state index in [2.05, 4.69) is 10.3 Å². The first kappa shape index (κ1) is 17.7. The highest BCUT2D eigenvalue weighted by Gasteiger charge is 2.27. The molecule has 21 heavy (non-hydrogen) atoms. The Hall–Kier alpha value is -1.36. The Kier molecular flexibility index (Phi) is 6.40. The standard InChI is InChI=1S/C15H17N3O.2ClH/c16-12-4-3-11(8-12)15(19)18-13-5-6-14-10(9-13)2-1-7-17-14;;/h1-2,5-7,9,11-12H,3-4,8,16H2,(H,18,19);2*1H. The van der Waals surface area contributed by atoms with E-state index in [1.54, 1.807) is 6.20 Å². The van der Waals surface area contributed by atoms with E-state index < -0.39 is 0 Å². The third-order valence-electron chi connectivity index (χ3n) is 3.71. The number of nitrogens with one attached hydrogen (secondary N) is 1. The molecule has 1 aliphatic carbocycles. The number of carbonyl (C=O) groups excluding carboxylic acids is 1. The summed E-state index contributed by atoms with van der Waals surface area (Å²) < 4.78 is 0. The molecular formula is C15H19Cl2N3O. The quantitative estimate of drug-likeness (QED) is 0.890. The Morgan fingerprint density at radius 1 is 1.24 bits per heavy atom. The van der Waals surface area contributed by atoms with Gasteiger partial charge in [0.2, 0.25) is 5.91 Å². The molecule has 2 aromatic rings. The van der Waals surface area contributed by atoms with Crippen LogP contribution in [-0.2, 0) is 4.79 Å². The molecule has 2 atom stereocenters. The van der Waals surface area contributed by atoms with Gasteiger partial charge in [0.1, 0.15) is 0 Å². The number of nitrogens with two attached hydrogens (primary N) is 1. The summed E-state index contributed by atoms with van der Waals surface area (Å²) in [5.74, 6) is 0.135. The smallest absolute Gasteiger partial charge is 0.227 e. The zero-order chi connectivity index (χ0) is 13.2. The summed E-state index contributed by atoms with van der Waals surface area (Å²) >= 11 is 0. The number of hydrogen-bond acceptors (Lipinski definition) is 3. The molecule has 1 aliphatic rings. The minimum Gasteiger partial charge on any atom is -0.328 e. The normalized spacial score (nSPS) is 20.4. The van der Waals surface area contributed by atoms with E-state index in [9.17, 15) is 4.79 Å². The molecule has 114 valence electrons. The maximum atomic E-state index is 12.1. The van der Waals surface area contributed by atoms with Crippen molar-refractivity contribution in [1.82, 2.24) is 4.98 Å². The minimum atomic E-state index is 0. The van der Waals surface area contributed by atoms with Crippen molar-refractivity contribution >= 4 is 47.3 Å². The summed E-state index contributed by atoms with van der Waals surface area (Å²) in [6, 6.07) is 9.83. The number of carbonyl (C=O) groups is 1. The Labute approximate surface area is 136 Å². The molecule has 4 nitrogen and oxygen atoms in total. The van der Waals surface area contributed by atoms with Gasteiger partial charge in [-0.25, -0.2) is 0 Å². The minimum absolute atomic E-state index is 0. The average Bonchev–Trinajstić information content (AvgIpc) is 2.85. The summed E-state index contributed by atoms with van der Waals surface area (Å²) in [6.07, 6.45) is 4.39. The fourth-order valence-corrected chi connectivity index (χ4v) is 2.65. The van der Waals surface area contributed by atoms with Crippen LogP contribution in [0.5, 0.6) is 0 Å². The van der Waals surface area contributed by atoms with Gasteiger partial charge in [-0.05, 0) is 43.5 Å². The number of amides is 1. The van der Waals surface area contributed by atoms with Crippen molar-refractivity contribution < 1.29 is 4.79 Å². The van der Waals surface area contributed by atoms with Gasteiger partial charge in [0, 0.05) is 29.2 Å². The molecule has 1 saturated carbocycles. The molecule has 1 aromatic heterocycles. The van der Waals surface area contributed by atoms with Crippen LogP contribution in [-0.4, -0.2) is 16.9 Å². The van der Waals surface area contributed by atoms with Crippen LogP contribution in [0.15, 0.2) is 36.5 Å². The van der Waals surface area contributed by atoms with E-state index in [1.165, 1.54) is 0 Å². The van der Waals surface area contributed by atoms with E-state index in [-0.39, 0.29) is 42.7 Å². The lowest BCUT2D eigenvalue weighted by molar-refractivity contribution is -0.119. The Bertz CT molecular complexity index is 621. The number of halogens is 2. The zero-order valence-electron chi connectivity index (χ0n) is 11.5. The summed E-state index contributed by atoms with van der Waals surface area (Å²) in [5.41, 5.74) is 7.60. The molecule has 0 saturated heterocycles. The van der Waals surface area contributed by atoms with Crippen LogP contribution in [0.4, 0.5) is 5.69 Å². The molecular weight excluding hydrogens is 309 g/mol. The number of pyridine rings is 1. The third kappa shape index (κ3) is 4.06. The molecule has 0 spiro atoms. The number of nitrogens with zero attached hydrogens (tertiary/aromatic N) is 1. The molecule has 6 heteroatoms. The fraction of sp³-hybridized carbons (Fsp3) is 0.333. The van der Waals surface area contributed by atoms with E-state index in [0.29, 0.717) is 0 Å². The molecule has 0 aliphatic heterocycles. The van der Waals surface area contributed by atoms with Crippen molar-refractivity contribution in [3.8, 4) is 0 Å². The van der Waals surface area contributed by atoms with Crippen molar-refractivity contribution in [2.75, 3.05) is 5.32 Å². The summed E-state index contributed by atoms with van der Waals surface area (Å²) in [6.45, 7) is 0. The van der Waals surface area contributed by atoms with Gasteiger partial charge in [-0.2, -0.15) is 0 Å². The van der Waals surface area contributed by atoms with E-state index >= 15 is 0 Å². The summed E-state index contributed by atoms with van der Waals surface area (Å²) in [7, 11) is 0. The number of fused-ring (bicyclic) bond motifs is 1. The predicted molar refractivity (Wildman–Crippen MR) is 90.2 cm³/mol. The Morgan fingerprint density at radius 2 is 2.05 bits per heavy atom. The van der Waals surface area contributed by atoms with Crippen molar-refractivity contribution in [2.45, 2.75) is 25.3 Å². The zero-order valence-corrected chi connectivity index (χ0v) is 13.1. The average molecular weight is 328 g/mol. The van der Waals surface area contributed by atoms with Gasteiger partial charge in [0.05, 0.1) is 5.52 Å². The van der Waals surface area contributed by atoms with Crippen molar-refractivity contribution in [3.05, 3.63) is 36.5 Å². The van der Waals surface area contributed by atoms with Gasteiger partial charge < -0.3 is 11.1 Å². The van der Waals surface area contributed by atoms with Crippen LogP contribution < -0.4 is 11.1 Å². The van der Waals surface area contributed by atoms with Gasteiger partial charge >= 0.3 is 0 Å². The van der Waals surface area contributed by atoms with Crippen molar-refractivity contribution in [3.63, 3.8) is 0 Å². The second-order valence-electron chi connectivity index (χ2n) is 5.17. The molecule has 1 fully saturated rings. The molecule has 0 bridgehead atoms. The second-order valence-corrected chi connectivity index (χ2v) is 5.17. The van der Waals surface area contributed by atoms with Crippen LogP contribution in [0, 0.1) is 5.92 Å². The van der Waals surface area contributed by atoms with Gasteiger partial charge in [0.25, 0.3) is 0 Å². The molecule has 1 heterocycles. The lowest BCUT2D eigenvalue weighted by atomic mass is 10.1. The second kappa shape index (κ2) is 7.59. The molecule has 1 amide bonds.